The van der Waals surface area contributed by atoms with Gasteiger partial charge in [-0.2, -0.15) is 0 Å². The van der Waals surface area contributed by atoms with Gasteiger partial charge in [-0.25, -0.2) is 9.59 Å². The highest BCUT2D eigenvalue weighted by atomic mass is 16.6. The summed E-state index contributed by atoms with van der Waals surface area (Å²) < 4.78 is 10.5. The number of carbonyl (C=O) groups excluding carboxylic acids is 3. The number of carboxylic acid groups (broad SMARTS) is 1. The summed E-state index contributed by atoms with van der Waals surface area (Å²) >= 11 is 0. The van der Waals surface area contributed by atoms with Crippen molar-refractivity contribution in [2.24, 2.45) is 0 Å². The molecule has 1 saturated carbocycles. The monoisotopic (exact) mass is 383 g/mol. The number of esters is 2. The summed E-state index contributed by atoms with van der Waals surface area (Å²) in [5, 5.41) is 11.3. The number of rotatable bonds is 8. The summed E-state index contributed by atoms with van der Waals surface area (Å²) in [6, 6.07) is -1.39. The molecule has 1 fully saturated rings. The number of nitrogens with one attached hydrogen (secondary N) is 1. The first-order valence-corrected chi connectivity index (χ1v) is 9.28. The molecule has 8 nitrogen and oxygen atoms in total. The molecule has 0 radical (unpaired) electrons. The van der Waals surface area contributed by atoms with Crippen LogP contribution in [-0.2, 0) is 28.7 Å². The maximum atomic E-state index is 12.1. The van der Waals surface area contributed by atoms with Crippen molar-refractivity contribution in [1.82, 2.24) is 5.32 Å². The van der Waals surface area contributed by atoms with Crippen LogP contribution in [0.2, 0.25) is 0 Å². The average molecular weight is 383 g/mol. The Labute approximate surface area is 159 Å². The number of carboxylic acids is 1. The highest BCUT2D eigenvalue weighted by molar-refractivity contribution is 5.93. The second kappa shape index (κ2) is 11.4. The Morgan fingerprint density at radius 2 is 1.67 bits per heavy atom. The fourth-order valence-corrected chi connectivity index (χ4v) is 2.93. The second-order valence-corrected chi connectivity index (χ2v) is 6.86. The van der Waals surface area contributed by atoms with Gasteiger partial charge in [-0.05, 0) is 32.6 Å². The van der Waals surface area contributed by atoms with Crippen molar-refractivity contribution >= 4 is 23.8 Å². The number of ether oxygens (including phenoxy) is 2. The molecule has 0 saturated heterocycles. The predicted molar refractivity (Wildman–Crippen MR) is 96.8 cm³/mol. The lowest BCUT2D eigenvalue weighted by Crippen LogP contribution is -2.48. The summed E-state index contributed by atoms with van der Waals surface area (Å²) in [4.78, 5) is 46.4. The lowest BCUT2D eigenvalue weighted by molar-refractivity contribution is -0.156. The van der Waals surface area contributed by atoms with E-state index in [1.807, 2.05) is 0 Å². The van der Waals surface area contributed by atoms with Crippen molar-refractivity contribution in [2.45, 2.75) is 83.5 Å². The lowest BCUT2D eigenvalue weighted by atomic mass is 9.98. The summed E-state index contributed by atoms with van der Waals surface area (Å²) in [6.07, 6.45) is 5.53. The lowest BCUT2D eigenvalue weighted by Gasteiger charge is -2.22. The van der Waals surface area contributed by atoms with Crippen LogP contribution < -0.4 is 5.32 Å². The first kappa shape index (κ1) is 22.7. The maximum Gasteiger partial charge on any atom is 0.334 e. The quantitative estimate of drug-likeness (QED) is 0.486. The van der Waals surface area contributed by atoms with Crippen LogP contribution in [0.1, 0.15) is 65.2 Å². The molecule has 8 heteroatoms. The van der Waals surface area contributed by atoms with Gasteiger partial charge in [0.15, 0.2) is 6.04 Å². The molecule has 152 valence electrons. The third-order valence-corrected chi connectivity index (χ3v) is 4.38. The van der Waals surface area contributed by atoms with Gasteiger partial charge in [0.05, 0.1) is 6.42 Å². The molecule has 1 aliphatic rings. The molecule has 0 aliphatic heterocycles. The van der Waals surface area contributed by atoms with Crippen LogP contribution in [0.15, 0.2) is 12.2 Å². The number of carbonyl (C=O) groups is 4. The van der Waals surface area contributed by atoms with Gasteiger partial charge in [0, 0.05) is 12.5 Å². The van der Waals surface area contributed by atoms with Crippen molar-refractivity contribution in [3.8, 4) is 0 Å². The molecular formula is C19H29NO7. The molecule has 27 heavy (non-hydrogen) atoms. The molecule has 0 heterocycles. The van der Waals surface area contributed by atoms with Gasteiger partial charge in [0.25, 0.3) is 0 Å². The maximum absolute atomic E-state index is 12.1. The van der Waals surface area contributed by atoms with Gasteiger partial charge in [0.1, 0.15) is 12.2 Å². The summed E-state index contributed by atoms with van der Waals surface area (Å²) in [6.45, 7) is 6.03. The highest BCUT2D eigenvalue weighted by Crippen LogP contribution is 2.20. The van der Waals surface area contributed by atoms with Gasteiger partial charge < -0.3 is 19.9 Å². The van der Waals surface area contributed by atoms with Gasteiger partial charge in [0.2, 0.25) is 5.91 Å². The van der Waals surface area contributed by atoms with Crippen LogP contribution in [0.3, 0.4) is 0 Å². The zero-order valence-corrected chi connectivity index (χ0v) is 16.0. The van der Waals surface area contributed by atoms with Crippen LogP contribution >= 0.6 is 0 Å². The second-order valence-electron chi connectivity index (χ2n) is 6.86. The van der Waals surface area contributed by atoms with Crippen LogP contribution in [0.5, 0.6) is 0 Å². The molecule has 1 aliphatic carbocycles. The smallest absolute Gasteiger partial charge is 0.334 e. The van der Waals surface area contributed by atoms with Crippen molar-refractivity contribution in [2.75, 3.05) is 0 Å². The molecule has 2 N–H and O–H groups in total. The van der Waals surface area contributed by atoms with Crippen LogP contribution in [-0.4, -0.2) is 47.2 Å². The van der Waals surface area contributed by atoms with E-state index in [0.717, 1.165) is 45.4 Å². The minimum absolute atomic E-state index is 0.121. The first-order valence-electron chi connectivity index (χ1n) is 9.28. The molecule has 0 aromatic rings. The van der Waals surface area contributed by atoms with Crippen molar-refractivity contribution in [3.05, 3.63) is 12.2 Å². The van der Waals surface area contributed by atoms with E-state index in [2.05, 4.69) is 11.9 Å². The molecule has 1 rings (SSSR count). The van der Waals surface area contributed by atoms with E-state index in [0.29, 0.717) is 0 Å². The Morgan fingerprint density at radius 3 is 2.19 bits per heavy atom. The highest BCUT2D eigenvalue weighted by Gasteiger charge is 2.29. The van der Waals surface area contributed by atoms with Crippen molar-refractivity contribution < 1.29 is 33.8 Å². The largest absolute Gasteiger partial charge is 0.480 e. The Bertz CT molecular complexity index is 564. The van der Waals surface area contributed by atoms with E-state index in [1.165, 1.54) is 13.3 Å². The van der Waals surface area contributed by atoms with E-state index in [4.69, 9.17) is 14.6 Å². The van der Waals surface area contributed by atoms with Crippen LogP contribution in [0, 0.1) is 0 Å². The molecule has 0 aromatic carbocycles. The summed E-state index contributed by atoms with van der Waals surface area (Å²) in [5.41, 5.74) is -0.121. The van der Waals surface area contributed by atoms with E-state index >= 15 is 0 Å². The third kappa shape index (κ3) is 8.70. The van der Waals surface area contributed by atoms with Crippen LogP contribution in [0.4, 0.5) is 0 Å². The molecule has 0 unspecified atom stereocenters. The Kier molecular flexibility index (Phi) is 9.53. The normalized spacial score (nSPS) is 17.6. The fourth-order valence-electron chi connectivity index (χ4n) is 2.93. The van der Waals surface area contributed by atoms with E-state index in [1.54, 1.807) is 0 Å². The van der Waals surface area contributed by atoms with Crippen molar-refractivity contribution in [3.63, 3.8) is 0 Å². The Balaban J connectivity index is 2.49. The molecule has 0 aromatic heterocycles. The molecule has 2 atom stereocenters. The third-order valence-electron chi connectivity index (χ3n) is 4.38. The predicted octanol–water partition coefficient (Wildman–Crippen LogP) is 2.11. The summed E-state index contributed by atoms with van der Waals surface area (Å²) in [7, 11) is 0. The molecule has 0 bridgehead atoms. The number of hydrogen-bond acceptors (Lipinski definition) is 6. The van der Waals surface area contributed by atoms with Crippen LogP contribution in [0.25, 0.3) is 0 Å². The molecular weight excluding hydrogens is 354 g/mol. The minimum atomic E-state index is -1.39. The van der Waals surface area contributed by atoms with E-state index in [9.17, 15) is 19.2 Å². The molecule has 1 amide bonds. The zero-order chi connectivity index (χ0) is 20.4. The van der Waals surface area contributed by atoms with Gasteiger partial charge in [-0.15, -0.1) is 0 Å². The van der Waals surface area contributed by atoms with E-state index < -0.39 is 36.0 Å². The minimum Gasteiger partial charge on any atom is -0.480 e. The Morgan fingerprint density at radius 1 is 1.11 bits per heavy atom. The standard InChI is InChI=1S/C19H29NO7/c1-12(11-16(22)27-15-9-7-5-4-6-8-10-15)19(25)26-13(2)17(18(23)24)20-14(3)21/h13,15,17H,1,4-11H2,2-3H3,(H,20,21)(H,23,24)/t13-,17+/m1/s1. The topological polar surface area (TPSA) is 119 Å². The molecule has 0 spiro atoms. The van der Waals surface area contributed by atoms with Crippen molar-refractivity contribution in [1.29, 1.82) is 0 Å². The number of hydrogen-bond donors (Lipinski definition) is 2. The fraction of sp³-hybridized carbons (Fsp3) is 0.684. The van der Waals surface area contributed by atoms with Gasteiger partial charge >= 0.3 is 17.9 Å². The van der Waals surface area contributed by atoms with E-state index in [-0.39, 0.29) is 18.1 Å². The number of amides is 1. The number of aliphatic carboxylic acids is 1. The Hall–Kier alpha value is -2.38. The average Bonchev–Trinajstić information content (AvgIpc) is 2.54. The summed E-state index contributed by atoms with van der Waals surface area (Å²) in [5.74, 6) is -3.34. The SMILES string of the molecule is C=C(CC(=O)OC1CCCCCCC1)C(=O)O[C@H](C)[C@H](NC(C)=O)C(=O)O. The van der Waals surface area contributed by atoms with Gasteiger partial charge in [-0.1, -0.05) is 25.8 Å². The van der Waals surface area contributed by atoms with Gasteiger partial charge in [-0.3, -0.25) is 9.59 Å². The zero-order valence-electron chi connectivity index (χ0n) is 16.0. The first-order chi connectivity index (χ1) is 12.7.